The summed E-state index contributed by atoms with van der Waals surface area (Å²) in [5.41, 5.74) is -0.356. The Bertz CT molecular complexity index is 1140. The summed E-state index contributed by atoms with van der Waals surface area (Å²) in [6.07, 6.45) is -4.39. The highest BCUT2D eigenvalue weighted by molar-refractivity contribution is 5.82. The average molecular weight is 471 g/mol. The summed E-state index contributed by atoms with van der Waals surface area (Å²) in [5.74, 6) is -1.04. The van der Waals surface area contributed by atoms with E-state index >= 15 is 0 Å². The lowest BCUT2D eigenvalue weighted by molar-refractivity contribution is -0.274. The maximum Gasteiger partial charge on any atom is 0.573 e. The number of hydrogen-bond donors (Lipinski definition) is 1. The molecule has 1 aromatic carbocycles. The van der Waals surface area contributed by atoms with E-state index in [0.29, 0.717) is 19.6 Å². The number of nitrogens with zero attached hydrogens (tertiary/aromatic N) is 4. The van der Waals surface area contributed by atoms with E-state index < -0.39 is 24.1 Å². The Morgan fingerprint density at radius 2 is 1.97 bits per heavy atom. The first kappa shape index (κ1) is 23.0. The van der Waals surface area contributed by atoms with Gasteiger partial charge in [-0.2, -0.15) is 0 Å². The van der Waals surface area contributed by atoms with Gasteiger partial charge in [0.05, 0.1) is 7.11 Å². The second kappa shape index (κ2) is 9.00. The van der Waals surface area contributed by atoms with E-state index in [-0.39, 0.29) is 40.9 Å². The average Bonchev–Trinajstić information content (AvgIpc) is 3.15. The number of piperidine rings is 1. The van der Waals surface area contributed by atoms with Crippen molar-refractivity contribution in [2.24, 2.45) is 0 Å². The monoisotopic (exact) mass is 471 g/mol. The molecule has 1 N–H and O–H groups in total. The normalized spacial score (nSPS) is 19.6. The van der Waals surface area contributed by atoms with Crippen LogP contribution in [0, 0.1) is 5.82 Å². The van der Waals surface area contributed by atoms with Gasteiger partial charge in [0.2, 0.25) is 5.95 Å². The van der Waals surface area contributed by atoms with E-state index in [0.717, 1.165) is 12.1 Å². The van der Waals surface area contributed by atoms with Crippen molar-refractivity contribution in [2.75, 3.05) is 32.1 Å². The molecular formula is C21H22F5N5O2. The third-order valence-electron chi connectivity index (χ3n) is 5.46. The topological polar surface area (TPSA) is 63.9 Å². The van der Waals surface area contributed by atoms with Gasteiger partial charge in [0.15, 0.2) is 5.82 Å². The molecule has 0 amide bonds. The summed E-state index contributed by atoms with van der Waals surface area (Å²) in [6, 6.07) is 4.59. The summed E-state index contributed by atoms with van der Waals surface area (Å²) in [4.78, 5) is 1.94. The molecule has 0 spiro atoms. The number of nitrogens with one attached hydrogen (secondary N) is 1. The van der Waals surface area contributed by atoms with Crippen molar-refractivity contribution in [1.82, 2.24) is 19.5 Å². The van der Waals surface area contributed by atoms with Crippen LogP contribution in [-0.2, 0) is 0 Å². The molecule has 178 valence electrons. The van der Waals surface area contributed by atoms with Crippen LogP contribution >= 0.6 is 0 Å². The minimum Gasteiger partial charge on any atom is -0.497 e. The Morgan fingerprint density at radius 1 is 1.18 bits per heavy atom. The van der Waals surface area contributed by atoms with Crippen LogP contribution < -0.4 is 14.8 Å². The zero-order valence-corrected chi connectivity index (χ0v) is 17.9. The van der Waals surface area contributed by atoms with Crippen LogP contribution in [-0.4, -0.2) is 64.8 Å². The molecule has 0 bridgehead atoms. The van der Waals surface area contributed by atoms with Gasteiger partial charge in [-0.3, -0.25) is 9.30 Å². The molecular weight excluding hydrogens is 449 g/mol. The molecule has 0 radical (unpaired) electrons. The fraction of sp³-hybridized carbons (Fsp3) is 0.429. The number of hydrogen-bond acceptors (Lipinski definition) is 6. The number of halogens is 5. The molecule has 12 heteroatoms. The van der Waals surface area contributed by atoms with Gasteiger partial charge >= 0.3 is 6.36 Å². The smallest absolute Gasteiger partial charge is 0.497 e. The highest BCUT2D eigenvalue weighted by Gasteiger charge is 2.33. The standard InChI is InChI=1S/C21H22F5N5O2/c1-3-30-10-12(22)8-13(11-30)27-20-29-28-18(19-16(23)6-7-31(19)20)15-5-4-14(32-2)9-17(15)33-21(24,25)26/h4-7,9,12-13H,3,8,10-11H2,1-2H3,(H,27,29)/t12-,13?/m1/s1. The molecule has 0 aliphatic carbocycles. The summed E-state index contributed by atoms with van der Waals surface area (Å²) in [7, 11) is 1.30. The maximum atomic E-state index is 14.8. The van der Waals surface area contributed by atoms with Crippen molar-refractivity contribution >= 4 is 11.5 Å². The maximum absolute atomic E-state index is 14.8. The zero-order chi connectivity index (χ0) is 23.8. The number of anilines is 1. The van der Waals surface area contributed by atoms with Crippen LogP contribution in [0.3, 0.4) is 0 Å². The quantitative estimate of drug-likeness (QED) is 0.542. The lowest BCUT2D eigenvalue weighted by atomic mass is 10.0. The molecule has 2 atom stereocenters. The van der Waals surface area contributed by atoms with Crippen molar-refractivity contribution in [3.05, 3.63) is 36.3 Å². The molecule has 1 aliphatic rings. The van der Waals surface area contributed by atoms with E-state index in [1.54, 1.807) is 0 Å². The summed E-state index contributed by atoms with van der Waals surface area (Å²) in [5, 5.41) is 11.2. The summed E-state index contributed by atoms with van der Waals surface area (Å²) < 4.78 is 78.4. The summed E-state index contributed by atoms with van der Waals surface area (Å²) >= 11 is 0. The molecule has 7 nitrogen and oxygen atoms in total. The Balaban J connectivity index is 1.75. The van der Waals surface area contributed by atoms with Crippen molar-refractivity contribution in [1.29, 1.82) is 0 Å². The molecule has 2 aromatic heterocycles. The minimum atomic E-state index is -4.98. The molecule has 1 fully saturated rings. The molecule has 1 saturated heterocycles. The van der Waals surface area contributed by atoms with Crippen LogP contribution in [0.1, 0.15) is 13.3 Å². The van der Waals surface area contributed by atoms with E-state index in [4.69, 9.17) is 4.74 Å². The van der Waals surface area contributed by atoms with Gasteiger partial charge in [-0.15, -0.1) is 23.4 Å². The lowest BCUT2D eigenvalue weighted by Gasteiger charge is -2.34. The SMILES string of the molecule is CCN1CC(Nc2nnc(-c3ccc(OC)cc3OC(F)(F)F)c3c(F)ccn23)C[C@@H](F)C1. The number of likely N-dealkylation sites (N-methyl/N-ethyl adjacent to an activating group) is 1. The van der Waals surface area contributed by atoms with Crippen LogP contribution in [0.2, 0.25) is 0 Å². The second-order valence-corrected chi connectivity index (χ2v) is 7.69. The number of rotatable bonds is 6. The number of aromatic nitrogens is 3. The van der Waals surface area contributed by atoms with Gasteiger partial charge in [0, 0.05) is 43.4 Å². The minimum absolute atomic E-state index is 0.0929. The Labute approximate surface area is 186 Å². The van der Waals surface area contributed by atoms with Gasteiger partial charge in [0.1, 0.15) is 28.9 Å². The van der Waals surface area contributed by atoms with Gasteiger partial charge in [0.25, 0.3) is 0 Å². The molecule has 33 heavy (non-hydrogen) atoms. The van der Waals surface area contributed by atoms with Gasteiger partial charge < -0.3 is 14.8 Å². The van der Waals surface area contributed by atoms with Crippen LogP contribution in [0.15, 0.2) is 30.5 Å². The number of benzene rings is 1. The first-order valence-electron chi connectivity index (χ1n) is 10.3. The van der Waals surface area contributed by atoms with Crippen LogP contribution in [0.25, 0.3) is 16.8 Å². The molecule has 4 rings (SSSR count). The number of ether oxygens (including phenoxy) is 2. The van der Waals surface area contributed by atoms with E-state index in [9.17, 15) is 22.0 Å². The first-order chi connectivity index (χ1) is 15.7. The fourth-order valence-corrected chi connectivity index (χ4v) is 3.99. The highest BCUT2D eigenvalue weighted by Crippen LogP contribution is 2.38. The zero-order valence-electron chi connectivity index (χ0n) is 17.9. The number of likely N-dealkylation sites (tertiary alicyclic amines) is 1. The third-order valence-corrected chi connectivity index (χ3v) is 5.46. The van der Waals surface area contributed by atoms with Crippen molar-refractivity contribution < 1.29 is 31.4 Å². The predicted octanol–water partition coefficient (Wildman–Crippen LogP) is 4.29. The molecule has 0 saturated carbocycles. The fourth-order valence-electron chi connectivity index (χ4n) is 3.99. The van der Waals surface area contributed by atoms with Crippen LogP contribution in [0.4, 0.5) is 27.9 Å². The number of methoxy groups -OCH3 is 1. The first-order valence-corrected chi connectivity index (χ1v) is 10.3. The third kappa shape index (κ3) is 4.95. The van der Waals surface area contributed by atoms with Gasteiger partial charge in [-0.25, -0.2) is 8.78 Å². The van der Waals surface area contributed by atoms with Crippen molar-refractivity contribution in [2.45, 2.75) is 31.9 Å². The number of alkyl halides is 4. The molecule has 1 unspecified atom stereocenters. The lowest BCUT2D eigenvalue weighted by Crippen LogP contribution is -2.47. The van der Waals surface area contributed by atoms with Crippen molar-refractivity contribution in [3.63, 3.8) is 0 Å². The van der Waals surface area contributed by atoms with Gasteiger partial charge in [-0.05, 0) is 24.7 Å². The van der Waals surface area contributed by atoms with E-state index in [1.807, 2.05) is 11.8 Å². The van der Waals surface area contributed by atoms with Crippen molar-refractivity contribution in [3.8, 4) is 22.8 Å². The van der Waals surface area contributed by atoms with E-state index in [1.165, 1.54) is 29.8 Å². The second-order valence-electron chi connectivity index (χ2n) is 7.69. The molecule has 1 aliphatic heterocycles. The Morgan fingerprint density at radius 3 is 2.67 bits per heavy atom. The van der Waals surface area contributed by atoms with Gasteiger partial charge in [-0.1, -0.05) is 6.92 Å². The highest BCUT2D eigenvalue weighted by atomic mass is 19.4. The van der Waals surface area contributed by atoms with E-state index in [2.05, 4.69) is 20.3 Å². The summed E-state index contributed by atoms with van der Waals surface area (Å²) in [6.45, 7) is 3.51. The Hall–Kier alpha value is -3.15. The largest absolute Gasteiger partial charge is 0.573 e. The van der Waals surface area contributed by atoms with Crippen LogP contribution in [0.5, 0.6) is 11.5 Å². The molecule has 3 heterocycles. The molecule has 3 aromatic rings. The predicted molar refractivity (Wildman–Crippen MR) is 111 cm³/mol. The number of fused-ring (bicyclic) bond motifs is 1. The Kier molecular flexibility index (Phi) is 6.28.